The highest BCUT2D eigenvalue weighted by Gasteiger charge is 2.23. The molecule has 1 aromatic heterocycles. The van der Waals surface area contributed by atoms with Crippen LogP contribution >= 0.6 is 0 Å². The fourth-order valence-corrected chi connectivity index (χ4v) is 4.29. The summed E-state index contributed by atoms with van der Waals surface area (Å²) in [6, 6.07) is 14.5. The van der Waals surface area contributed by atoms with Gasteiger partial charge in [-0.2, -0.15) is 0 Å². The molecule has 0 unspecified atom stereocenters. The minimum atomic E-state index is -0.932. The Balaban J connectivity index is 1.72. The Morgan fingerprint density at radius 1 is 1.07 bits per heavy atom. The summed E-state index contributed by atoms with van der Waals surface area (Å²) in [5, 5.41) is 14.5. The molecule has 4 nitrogen and oxygen atoms in total. The number of nitrogens with one attached hydrogen (secondary N) is 1. The lowest BCUT2D eigenvalue weighted by atomic mass is 9.95. The van der Waals surface area contributed by atoms with Gasteiger partial charge in [0.05, 0.1) is 0 Å². The molecule has 1 heterocycles. The summed E-state index contributed by atoms with van der Waals surface area (Å²) < 4.78 is 15.1. The van der Waals surface area contributed by atoms with E-state index in [1.54, 1.807) is 12.1 Å². The molecule has 1 aliphatic rings. The lowest BCUT2D eigenvalue weighted by Gasteiger charge is -2.23. The Hall–Kier alpha value is -2.66. The van der Waals surface area contributed by atoms with E-state index < -0.39 is 5.97 Å². The van der Waals surface area contributed by atoms with Crippen LogP contribution in [0, 0.1) is 5.82 Å². The molecule has 0 saturated heterocycles. The van der Waals surface area contributed by atoms with E-state index in [-0.39, 0.29) is 5.82 Å². The highest BCUT2D eigenvalue weighted by Crippen LogP contribution is 2.28. The monoisotopic (exact) mass is 380 g/mol. The lowest BCUT2D eigenvalue weighted by Crippen LogP contribution is -2.31. The topological polar surface area (TPSA) is 54.3 Å². The smallest absolute Gasteiger partial charge is 0.352 e. The van der Waals surface area contributed by atoms with Crippen molar-refractivity contribution in [2.24, 2.45) is 0 Å². The van der Waals surface area contributed by atoms with Crippen LogP contribution in [0.25, 0.3) is 10.9 Å². The first-order chi connectivity index (χ1) is 13.6. The fraction of sp³-hybridized carbons (Fsp3) is 0.348. The molecule has 28 heavy (non-hydrogen) atoms. The minimum absolute atomic E-state index is 0.294. The first-order valence-electron chi connectivity index (χ1n) is 9.94. The van der Waals surface area contributed by atoms with E-state index in [2.05, 4.69) is 5.32 Å². The largest absolute Gasteiger partial charge is 0.477 e. The van der Waals surface area contributed by atoms with Gasteiger partial charge >= 0.3 is 5.97 Å². The molecule has 0 aliphatic heterocycles. The van der Waals surface area contributed by atoms with Crippen LogP contribution in [-0.2, 0) is 13.1 Å². The van der Waals surface area contributed by atoms with Crippen molar-refractivity contribution in [3.63, 3.8) is 0 Å². The third-order valence-electron chi connectivity index (χ3n) is 5.70. The first kappa shape index (κ1) is 18.7. The average Bonchev–Trinajstić information content (AvgIpc) is 3.03. The molecule has 146 valence electrons. The molecule has 1 saturated carbocycles. The van der Waals surface area contributed by atoms with E-state index in [9.17, 15) is 14.3 Å². The summed E-state index contributed by atoms with van der Waals surface area (Å²) in [6.07, 6.45) is 6.05. The van der Waals surface area contributed by atoms with E-state index >= 15 is 0 Å². The second-order valence-corrected chi connectivity index (χ2v) is 7.58. The van der Waals surface area contributed by atoms with Gasteiger partial charge in [0.1, 0.15) is 11.5 Å². The van der Waals surface area contributed by atoms with E-state index in [0.29, 0.717) is 24.8 Å². The van der Waals surface area contributed by atoms with E-state index in [0.717, 1.165) is 34.9 Å². The van der Waals surface area contributed by atoms with Crippen molar-refractivity contribution in [3.8, 4) is 0 Å². The van der Waals surface area contributed by atoms with Crippen molar-refractivity contribution in [1.82, 2.24) is 9.88 Å². The zero-order valence-corrected chi connectivity index (χ0v) is 15.8. The van der Waals surface area contributed by atoms with Crippen molar-refractivity contribution in [2.45, 2.75) is 51.2 Å². The lowest BCUT2D eigenvalue weighted by molar-refractivity contribution is 0.0684. The number of hydrogen-bond acceptors (Lipinski definition) is 2. The molecule has 2 aromatic carbocycles. The Bertz CT molecular complexity index is 972. The van der Waals surface area contributed by atoms with E-state index in [1.807, 2.05) is 28.8 Å². The minimum Gasteiger partial charge on any atom is -0.477 e. The number of carbonyl (C=O) groups is 1. The molecule has 0 amide bonds. The van der Waals surface area contributed by atoms with Crippen LogP contribution in [0.4, 0.5) is 4.39 Å². The number of hydrogen-bond donors (Lipinski definition) is 2. The summed E-state index contributed by atoms with van der Waals surface area (Å²) in [7, 11) is 0. The average molecular weight is 380 g/mol. The molecular formula is C23H25FN2O2. The maximum atomic E-state index is 13.3. The summed E-state index contributed by atoms with van der Waals surface area (Å²) >= 11 is 0. The van der Waals surface area contributed by atoms with Gasteiger partial charge in [-0.3, -0.25) is 0 Å². The molecular weight excluding hydrogens is 355 g/mol. The molecule has 0 atom stereocenters. The van der Waals surface area contributed by atoms with Gasteiger partial charge in [0, 0.05) is 35.6 Å². The quantitative estimate of drug-likeness (QED) is 0.636. The van der Waals surface area contributed by atoms with Crippen molar-refractivity contribution in [3.05, 3.63) is 71.2 Å². The van der Waals surface area contributed by atoms with Gasteiger partial charge in [-0.05, 0) is 36.6 Å². The summed E-state index contributed by atoms with van der Waals surface area (Å²) in [4.78, 5) is 12.2. The van der Waals surface area contributed by atoms with Gasteiger partial charge in [-0.25, -0.2) is 9.18 Å². The zero-order chi connectivity index (χ0) is 19.5. The number of benzene rings is 2. The molecule has 0 bridgehead atoms. The second kappa shape index (κ2) is 8.15. The molecule has 2 N–H and O–H groups in total. The predicted molar refractivity (Wildman–Crippen MR) is 108 cm³/mol. The number of para-hydroxylation sites is 1. The van der Waals surface area contributed by atoms with Crippen LogP contribution in [0.15, 0.2) is 48.5 Å². The molecule has 1 fully saturated rings. The third-order valence-corrected chi connectivity index (χ3v) is 5.70. The van der Waals surface area contributed by atoms with Gasteiger partial charge in [0.25, 0.3) is 0 Å². The van der Waals surface area contributed by atoms with Crippen molar-refractivity contribution in [2.75, 3.05) is 0 Å². The Morgan fingerprint density at radius 2 is 1.79 bits per heavy atom. The van der Waals surface area contributed by atoms with Crippen LogP contribution < -0.4 is 5.32 Å². The standard InChI is InChI=1S/C23H25FN2O2/c24-17-12-10-16(11-13-17)15-26-21-9-5-4-8-19(21)20(22(26)23(27)28)14-25-18-6-2-1-3-7-18/h4-5,8-13,18,25H,1-3,6-7,14-15H2,(H,27,28). The van der Waals surface area contributed by atoms with Crippen LogP contribution in [0.5, 0.6) is 0 Å². The highest BCUT2D eigenvalue weighted by molar-refractivity contribution is 5.98. The van der Waals surface area contributed by atoms with Crippen molar-refractivity contribution >= 4 is 16.9 Å². The van der Waals surface area contributed by atoms with Crippen LogP contribution in [0.3, 0.4) is 0 Å². The van der Waals surface area contributed by atoms with E-state index in [1.165, 1.54) is 31.4 Å². The number of carboxylic acid groups (broad SMARTS) is 1. The maximum Gasteiger partial charge on any atom is 0.352 e. The second-order valence-electron chi connectivity index (χ2n) is 7.58. The van der Waals surface area contributed by atoms with Gasteiger partial charge < -0.3 is 15.0 Å². The Morgan fingerprint density at radius 3 is 2.50 bits per heavy atom. The van der Waals surface area contributed by atoms with Gasteiger partial charge in [0.2, 0.25) is 0 Å². The van der Waals surface area contributed by atoms with Crippen LogP contribution in [0.2, 0.25) is 0 Å². The third kappa shape index (κ3) is 3.80. The predicted octanol–water partition coefficient (Wildman–Crippen LogP) is 4.95. The number of halogens is 1. The van der Waals surface area contributed by atoms with Gasteiger partial charge in [0.15, 0.2) is 0 Å². The molecule has 0 spiro atoms. The molecule has 3 aromatic rings. The van der Waals surface area contributed by atoms with Crippen molar-refractivity contribution in [1.29, 1.82) is 0 Å². The highest BCUT2D eigenvalue weighted by atomic mass is 19.1. The normalized spacial score (nSPS) is 15.2. The van der Waals surface area contributed by atoms with E-state index in [4.69, 9.17) is 0 Å². The fourth-order valence-electron chi connectivity index (χ4n) is 4.29. The van der Waals surface area contributed by atoms with Gasteiger partial charge in [-0.15, -0.1) is 0 Å². The van der Waals surface area contributed by atoms with Crippen LogP contribution in [0.1, 0.15) is 53.7 Å². The number of fused-ring (bicyclic) bond motifs is 1. The number of rotatable bonds is 6. The summed E-state index contributed by atoms with van der Waals surface area (Å²) in [5.74, 6) is -1.23. The van der Waals surface area contributed by atoms with Crippen molar-refractivity contribution < 1.29 is 14.3 Å². The van der Waals surface area contributed by atoms with Gasteiger partial charge in [-0.1, -0.05) is 49.6 Å². The first-order valence-corrected chi connectivity index (χ1v) is 9.94. The number of carboxylic acids is 1. The number of nitrogens with zero attached hydrogens (tertiary/aromatic N) is 1. The Kier molecular flexibility index (Phi) is 5.44. The molecule has 5 heteroatoms. The number of aromatic nitrogens is 1. The molecule has 1 aliphatic carbocycles. The molecule has 0 radical (unpaired) electrons. The summed E-state index contributed by atoms with van der Waals surface area (Å²) in [6.45, 7) is 0.940. The zero-order valence-electron chi connectivity index (χ0n) is 15.8. The molecule has 4 rings (SSSR count). The summed E-state index contributed by atoms with van der Waals surface area (Å²) in [5.41, 5.74) is 2.91. The SMILES string of the molecule is O=C(O)c1c(CNC2CCCCC2)c2ccccc2n1Cc1ccc(F)cc1. The number of aromatic carboxylic acids is 1. The van der Waals surface area contributed by atoms with Crippen LogP contribution in [-0.4, -0.2) is 21.7 Å². The Labute approximate surface area is 164 Å². The maximum absolute atomic E-state index is 13.3.